The highest BCUT2D eigenvalue weighted by atomic mass is 19.1. The third kappa shape index (κ3) is 1.76. The summed E-state index contributed by atoms with van der Waals surface area (Å²) in [5.41, 5.74) is 1.47. The van der Waals surface area contributed by atoms with Gasteiger partial charge >= 0.3 is 0 Å². The molecule has 1 aromatic rings. The van der Waals surface area contributed by atoms with Crippen LogP contribution in [0.3, 0.4) is 0 Å². The Morgan fingerprint density at radius 3 is 2.60 bits per heavy atom. The fourth-order valence-corrected chi connectivity index (χ4v) is 2.18. The van der Waals surface area contributed by atoms with Crippen LogP contribution in [0.2, 0.25) is 0 Å². The first-order valence-corrected chi connectivity index (χ1v) is 5.29. The molecule has 0 aromatic heterocycles. The molecule has 1 nitrogen and oxygen atoms in total. The molecule has 1 atom stereocenters. The van der Waals surface area contributed by atoms with E-state index in [1.54, 1.807) is 6.92 Å². The number of hydrogen-bond acceptors (Lipinski definition) is 1. The van der Waals surface area contributed by atoms with Crippen LogP contribution in [-0.2, 0) is 0 Å². The summed E-state index contributed by atoms with van der Waals surface area (Å²) in [6.07, 6.45) is 2.03. The predicted molar refractivity (Wildman–Crippen MR) is 55.8 cm³/mol. The Labute approximate surface area is 88.5 Å². The highest BCUT2D eigenvalue weighted by Crippen LogP contribution is 2.29. The van der Waals surface area contributed by atoms with Gasteiger partial charge in [-0.3, -0.25) is 0 Å². The summed E-state index contributed by atoms with van der Waals surface area (Å²) in [4.78, 5) is 0. The molecule has 3 heteroatoms. The molecular weight excluding hydrogens is 196 g/mol. The van der Waals surface area contributed by atoms with E-state index in [2.05, 4.69) is 5.32 Å². The molecule has 1 aliphatic rings. The van der Waals surface area contributed by atoms with Crippen molar-refractivity contribution in [2.75, 3.05) is 6.54 Å². The van der Waals surface area contributed by atoms with E-state index in [-0.39, 0.29) is 11.6 Å². The van der Waals surface area contributed by atoms with Crippen LogP contribution in [0.4, 0.5) is 8.78 Å². The summed E-state index contributed by atoms with van der Waals surface area (Å²) >= 11 is 0. The Morgan fingerprint density at radius 1 is 1.27 bits per heavy atom. The Kier molecular flexibility index (Phi) is 2.74. The van der Waals surface area contributed by atoms with Gasteiger partial charge in [-0.25, -0.2) is 8.78 Å². The molecule has 0 bridgehead atoms. The third-order valence-electron chi connectivity index (χ3n) is 3.17. The lowest BCUT2D eigenvalue weighted by Gasteiger charge is -2.16. The van der Waals surface area contributed by atoms with Gasteiger partial charge in [0, 0.05) is 11.6 Å². The van der Waals surface area contributed by atoms with Crippen LogP contribution in [0.15, 0.2) is 6.07 Å². The maximum Gasteiger partial charge on any atom is 0.132 e. The van der Waals surface area contributed by atoms with E-state index in [0.29, 0.717) is 5.56 Å². The van der Waals surface area contributed by atoms with E-state index < -0.39 is 11.6 Å². The minimum absolute atomic E-state index is 0.120. The molecule has 0 aliphatic carbocycles. The van der Waals surface area contributed by atoms with E-state index in [1.807, 2.05) is 0 Å². The average Bonchev–Trinajstić information content (AvgIpc) is 2.73. The molecule has 2 rings (SSSR count). The summed E-state index contributed by atoms with van der Waals surface area (Å²) in [6.45, 7) is 4.13. The Hall–Kier alpha value is -0.960. The van der Waals surface area contributed by atoms with Crippen molar-refractivity contribution in [1.82, 2.24) is 5.32 Å². The summed E-state index contributed by atoms with van der Waals surface area (Å²) in [7, 11) is 0. The van der Waals surface area contributed by atoms with Crippen molar-refractivity contribution in [3.05, 3.63) is 34.4 Å². The zero-order chi connectivity index (χ0) is 11.0. The van der Waals surface area contributed by atoms with Gasteiger partial charge in [0.1, 0.15) is 11.6 Å². The quantitative estimate of drug-likeness (QED) is 0.753. The smallest absolute Gasteiger partial charge is 0.132 e. The lowest BCUT2D eigenvalue weighted by atomic mass is 9.97. The molecule has 1 fully saturated rings. The normalized spacial score (nSPS) is 20.9. The van der Waals surface area contributed by atoms with Gasteiger partial charge in [-0.2, -0.15) is 0 Å². The standard InChI is InChI=1S/C12H15F2N/c1-7-9(11-4-3-5-15-11)6-10(13)8(2)12(7)14/h6,11,15H,3-5H2,1-2H3. The van der Waals surface area contributed by atoms with Crippen molar-refractivity contribution in [2.24, 2.45) is 0 Å². The number of benzene rings is 1. The van der Waals surface area contributed by atoms with Crippen molar-refractivity contribution in [3.8, 4) is 0 Å². The first kappa shape index (κ1) is 10.6. The Bertz CT molecular complexity index is 382. The van der Waals surface area contributed by atoms with Crippen molar-refractivity contribution in [3.63, 3.8) is 0 Å². The van der Waals surface area contributed by atoms with E-state index in [9.17, 15) is 8.78 Å². The molecule has 1 saturated heterocycles. The van der Waals surface area contributed by atoms with E-state index in [4.69, 9.17) is 0 Å². The molecular formula is C12H15F2N. The lowest BCUT2D eigenvalue weighted by molar-refractivity contribution is 0.545. The number of hydrogen-bond donors (Lipinski definition) is 1. The molecule has 1 heterocycles. The van der Waals surface area contributed by atoms with Crippen LogP contribution in [0.25, 0.3) is 0 Å². The maximum atomic E-state index is 13.6. The first-order valence-electron chi connectivity index (χ1n) is 5.29. The third-order valence-corrected chi connectivity index (χ3v) is 3.17. The fraction of sp³-hybridized carbons (Fsp3) is 0.500. The van der Waals surface area contributed by atoms with Crippen molar-refractivity contribution in [1.29, 1.82) is 0 Å². The summed E-state index contributed by atoms with van der Waals surface area (Å²) < 4.78 is 27.0. The highest BCUT2D eigenvalue weighted by molar-refractivity contribution is 5.36. The molecule has 82 valence electrons. The largest absolute Gasteiger partial charge is 0.310 e. The maximum absolute atomic E-state index is 13.6. The molecule has 1 unspecified atom stereocenters. The minimum atomic E-state index is -0.443. The molecule has 1 aromatic carbocycles. The van der Waals surface area contributed by atoms with Crippen LogP contribution in [0.5, 0.6) is 0 Å². The summed E-state index contributed by atoms with van der Waals surface area (Å²) in [5.74, 6) is -0.847. The van der Waals surface area contributed by atoms with E-state index >= 15 is 0 Å². The Morgan fingerprint density at radius 2 is 2.00 bits per heavy atom. The van der Waals surface area contributed by atoms with Gasteiger partial charge in [-0.05, 0) is 50.4 Å². The summed E-state index contributed by atoms with van der Waals surface area (Å²) in [6, 6.07) is 1.59. The van der Waals surface area contributed by atoms with Crippen LogP contribution in [0, 0.1) is 25.5 Å². The van der Waals surface area contributed by atoms with E-state index in [0.717, 1.165) is 24.9 Å². The topological polar surface area (TPSA) is 12.0 Å². The van der Waals surface area contributed by atoms with E-state index in [1.165, 1.54) is 13.0 Å². The van der Waals surface area contributed by atoms with Gasteiger partial charge in [0.15, 0.2) is 0 Å². The van der Waals surface area contributed by atoms with Gasteiger partial charge in [0.25, 0.3) is 0 Å². The molecule has 1 aliphatic heterocycles. The van der Waals surface area contributed by atoms with Gasteiger partial charge in [0.05, 0.1) is 0 Å². The summed E-state index contributed by atoms with van der Waals surface area (Å²) in [5, 5.41) is 3.25. The van der Waals surface area contributed by atoms with Crippen molar-refractivity contribution >= 4 is 0 Å². The molecule has 15 heavy (non-hydrogen) atoms. The second kappa shape index (κ2) is 3.89. The second-order valence-corrected chi connectivity index (χ2v) is 4.16. The SMILES string of the molecule is Cc1c(F)cc(C2CCCN2)c(C)c1F. The second-order valence-electron chi connectivity index (χ2n) is 4.16. The zero-order valence-electron chi connectivity index (χ0n) is 9.03. The van der Waals surface area contributed by atoms with Gasteiger partial charge < -0.3 is 5.32 Å². The van der Waals surface area contributed by atoms with Gasteiger partial charge in [0.2, 0.25) is 0 Å². The van der Waals surface area contributed by atoms with Crippen LogP contribution in [-0.4, -0.2) is 6.54 Å². The van der Waals surface area contributed by atoms with Crippen molar-refractivity contribution < 1.29 is 8.78 Å². The molecule has 0 spiro atoms. The van der Waals surface area contributed by atoms with Gasteiger partial charge in [-0.1, -0.05) is 0 Å². The molecule has 1 N–H and O–H groups in total. The Balaban J connectivity index is 2.47. The van der Waals surface area contributed by atoms with Crippen LogP contribution < -0.4 is 5.32 Å². The first-order chi connectivity index (χ1) is 7.11. The molecule has 0 radical (unpaired) electrons. The monoisotopic (exact) mass is 211 g/mol. The van der Waals surface area contributed by atoms with Crippen molar-refractivity contribution in [2.45, 2.75) is 32.7 Å². The lowest BCUT2D eigenvalue weighted by Crippen LogP contribution is -2.15. The number of halogens is 2. The van der Waals surface area contributed by atoms with Crippen LogP contribution >= 0.6 is 0 Å². The van der Waals surface area contributed by atoms with Gasteiger partial charge in [-0.15, -0.1) is 0 Å². The zero-order valence-corrected chi connectivity index (χ0v) is 9.03. The molecule has 0 saturated carbocycles. The fourth-order valence-electron chi connectivity index (χ4n) is 2.18. The predicted octanol–water partition coefficient (Wildman–Crippen LogP) is 3.01. The molecule has 0 amide bonds. The number of nitrogens with one attached hydrogen (secondary N) is 1. The van der Waals surface area contributed by atoms with Crippen LogP contribution in [0.1, 0.15) is 35.6 Å². The minimum Gasteiger partial charge on any atom is -0.310 e. The average molecular weight is 211 g/mol. The highest BCUT2D eigenvalue weighted by Gasteiger charge is 2.21. The number of rotatable bonds is 1.